The van der Waals surface area contributed by atoms with Gasteiger partial charge in [-0.25, -0.2) is 0 Å². The summed E-state index contributed by atoms with van der Waals surface area (Å²) >= 11 is 0. The summed E-state index contributed by atoms with van der Waals surface area (Å²) in [6.45, 7) is 2.64. The van der Waals surface area contributed by atoms with Gasteiger partial charge in [-0.2, -0.15) is 0 Å². The highest BCUT2D eigenvalue weighted by molar-refractivity contribution is 5.75. The van der Waals surface area contributed by atoms with Gasteiger partial charge in [0.2, 0.25) is 5.91 Å². The minimum absolute atomic E-state index is 0.120. The average molecular weight is 292 g/mol. The van der Waals surface area contributed by atoms with Crippen LogP contribution in [-0.2, 0) is 16.9 Å². The number of aliphatic hydroxyl groups is 1. The maximum atomic E-state index is 11.6. The lowest BCUT2D eigenvalue weighted by atomic mass is 9.78. The molecule has 0 bridgehead atoms. The van der Waals surface area contributed by atoms with Crippen LogP contribution in [0.15, 0.2) is 6.20 Å². The first-order valence-electron chi connectivity index (χ1n) is 8.03. The highest BCUT2D eigenvalue weighted by Gasteiger charge is 2.39. The number of rotatable bonds is 5. The third-order valence-electron chi connectivity index (χ3n) is 4.94. The Balaban J connectivity index is 1.61. The van der Waals surface area contributed by atoms with Crippen molar-refractivity contribution in [1.82, 2.24) is 20.3 Å². The standard InChI is InChI=1S/C15H24N4O2/c1-2-14(20)16-12-6-3-5-11(12)9-19-10-13(17-18-19)15(21)7-4-8-15/h10-12,21H,2-9H2,1H3,(H,16,20)/t11-,12-/m1/s1. The SMILES string of the molecule is CCC(=O)N[C@@H]1CCC[C@@H]1Cn1cc(C2(O)CCC2)nn1. The normalized spacial score (nSPS) is 27.3. The molecule has 2 aliphatic rings. The number of hydrogen-bond acceptors (Lipinski definition) is 4. The zero-order chi connectivity index (χ0) is 14.9. The summed E-state index contributed by atoms with van der Waals surface area (Å²) in [5.41, 5.74) is -0.0510. The number of nitrogens with zero attached hydrogens (tertiary/aromatic N) is 3. The third-order valence-corrected chi connectivity index (χ3v) is 4.94. The second-order valence-corrected chi connectivity index (χ2v) is 6.43. The van der Waals surface area contributed by atoms with Crippen molar-refractivity contribution >= 4 is 5.91 Å². The van der Waals surface area contributed by atoms with Crippen LogP contribution < -0.4 is 5.32 Å². The molecule has 0 aromatic carbocycles. The van der Waals surface area contributed by atoms with Gasteiger partial charge in [-0.05, 0) is 38.0 Å². The minimum Gasteiger partial charge on any atom is -0.383 e. The van der Waals surface area contributed by atoms with Crippen LogP contribution in [0, 0.1) is 5.92 Å². The van der Waals surface area contributed by atoms with E-state index in [1.54, 1.807) is 0 Å². The largest absolute Gasteiger partial charge is 0.383 e. The van der Waals surface area contributed by atoms with Gasteiger partial charge >= 0.3 is 0 Å². The molecule has 116 valence electrons. The summed E-state index contributed by atoms with van der Waals surface area (Å²) in [7, 11) is 0. The van der Waals surface area contributed by atoms with E-state index in [9.17, 15) is 9.90 Å². The van der Waals surface area contributed by atoms with Crippen molar-refractivity contribution in [3.8, 4) is 0 Å². The van der Waals surface area contributed by atoms with Crippen molar-refractivity contribution in [2.45, 2.75) is 70.1 Å². The average Bonchev–Trinajstić information content (AvgIpc) is 3.07. The second kappa shape index (κ2) is 5.75. The van der Waals surface area contributed by atoms with Crippen molar-refractivity contribution in [3.63, 3.8) is 0 Å². The summed E-state index contributed by atoms with van der Waals surface area (Å²) in [5, 5.41) is 21.7. The topological polar surface area (TPSA) is 80.0 Å². The fourth-order valence-electron chi connectivity index (χ4n) is 3.36. The van der Waals surface area contributed by atoms with Gasteiger partial charge in [0.25, 0.3) is 0 Å². The molecule has 2 fully saturated rings. The summed E-state index contributed by atoms with van der Waals surface area (Å²) in [4.78, 5) is 11.6. The Morgan fingerprint density at radius 2 is 2.29 bits per heavy atom. The van der Waals surface area contributed by atoms with E-state index in [2.05, 4.69) is 15.6 Å². The van der Waals surface area contributed by atoms with Crippen LogP contribution in [0.4, 0.5) is 0 Å². The quantitative estimate of drug-likeness (QED) is 0.858. The number of nitrogens with one attached hydrogen (secondary N) is 1. The first-order chi connectivity index (χ1) is 10.1. The zero-order valence-electron chi connectivity index (χ0n) is 12.6. The van der Waals surface area contributed by atoms with E-state index in [1.165, 1.54) is 0 Å². The Morgan fingerprint density at radius 3 is 2.95 bits per heavy atom. The summed E-state index contributed by atoms with van der Waals surface area (Å²) in [6, 6.07) is 0.247. The molecule has 21 heavy (non-hydrogen) atoms. The predicted molar refractivity (Wildman–Crippen MR) is 77.3 cm³/mol. The third kappa shape index (κ3) is 2.95. The summed E-state index contributed by atoms with van der Waals surface area (Å²) < 4.78 is 1.83. The zero-order valence-corrected chi connectivity index (χ0v) is 12.6. The van der Waals surface area contributed by atoms with Crippen molar-refractivity contribution in [1.29, 1.82) is 0 Å². The molecule has 3 rings (SSSR count). The Morgan fingerprint density at radius 1 is 1.48 bits per heavy atom. The van der Waals surface area contributed by atoms with E-state index in [4.69, 9.17) is 0 Å². The molecule has 0 aliphatic heterocycles. The van der Waals surface area contributed by atoms with E-state index in [0.717, 1.165) is 45.1 Å². The van der Waals surface area contributed by atoms with Gasteiger partial charge in [0, 0.05) is 19.0 Å². The molecule has 1 amide bonds. The molecule has 6 nitrogen and oxygen atoms in total. The number of carbonyl (C=O) groups is 1. The van der Waals surface area contributed by atoms with Gasteiger partial charge in [-0.1, -0.05) is 18.6 Å². The Hall–Kier alpha value is -1.43. The van der Waals surface area contributed by atoms with Crippen molar-refractivity contribution in [2.24, 2.45) is 5.92 Å². The second-order valence-electron chi connectivity index (χ2n) is 6.43. The molecule has 2 aliphatic carbocycles. The molecule has 6 heteroatoms. The molecule has 2 saturated carbocycles. The van der Waals surface area contributed by atoms with Gasteiger partial charge in [0.15, 0.2) is 0 Å². The monoisotopic (exact) mass is 292 g/mol. The highest BCUT2D eigenvalue weighted by atomic mass is 16.3. The molecule has 1 aromatic rings. The van der Waals surface area contributed by atoms with Crippen LogP contribution in [0.2, 0.25) is 0 Å². The first-order valence-corrected chi connectivity index (χ1v) is 8.03. The summed E-state index contributed by atoms with van der Waals surface area (Å²) in [5.74, 6) is 0.529. The van der Waals surface area contributed by atoms with Crippen LogP contribution in [0.1, 0.15) is 57.6 Å². The van der Waals surface area contributed by atoms with Crippen molar-refractivity contribution < 1.29 is 9.90 Å². The maximum Gasteiger partial charge on any atom is 0.219 e. The lowest BCUT2D eigenvalue weighted by Gasteiger charge is -2.34. The Bertz CT molecular complexity index is 510. The van der Waals surface area contributed by atoms with Gasteiger partial charge in [0.1, 0.15) is 11.3 Å². The molecule has 0 radical (unpaired) electrons. The van der Waals surface area contributed by atoms with Crippen molar-refractivity contribution in [2.75, 3.05) is 0 Å². The molecular weight excluding hydrogens is 268 g/mol. The fraction of sp³-hybridized carbons (Fsp3) is 0.800. The summed E-state index contributed by atoms with van der Waals surface area (Å²) in [6.07, 6.45) is 8.31. The number of carbonyl (C=O) groups excluding carboxylic acids is 1. The Labute approximate surface area is 124 Å². The molecule has 1 aromatic heterocycles. The number of hydrogen-bond donors (Lipinski definition) is 2. The lowest BCUT2D eigenvalue weighted by Crippen LogP contribution is -2.38. The van der Waals surface area contributed by atoms with Crippen LogP contribution >= 0.6 is 0 Å². The van der Waals surface area contributed by atoms with Gasteiger partial charge in [-0.15, -0.1) is 5.10 Å². The van der Waals surface area contributed by atoms with Crippen LogP contribution in [0.3, 0.4) is 0 Å². The van der Waals surface area contributed by atoms with Crippen LogP contribution in [-0.4, -0.2) is 32.0 Å². The fourth-order valence-corrected chi connectivity index (χ4v) is 3.36. The molecule has 0 unspecified atom stereocenters. The van der Waals surface area contributed by atoms with E-state index in [0.29, 0.717) is 18.0 Å². The first kappa shape index (κ1) is 14.5. The number of aromatic nitrogens is 3. The maximum absolute atomic E-state index is 11.6. The molecule has 2 atom stereocenters. The van der Waals surface area contributed by atoms with Crippen LogP contribution in [0.5, 0.6) is 0 Å². The molecule has 1 heterocycles. The smallest absolute Gasteiger partial charge is 0.219 e. The predicted octanol–water partition coefficient (Wildman–Crippen LogP) is 1.34. The van der Waals surface area contributed by atoms with Crippen molar-refractivity contribution in [3.05, 3.63) is 11.9 Å². The van der Waals surface area contributed by atoms with Gasteiger partial charge in [0.05, 0.1) is 6.20 Å². The number of amides is 1. The molecule has 0 saturated heterocycles. The highest BCUT2D eigenvalue weighted by Crippen LogP contribution is 2.39. The Kier molecular flexibility index (Phi) is 3.97. The van der Waals surface area contributed by atoms with Gasteiger partial charge < -0.3 is 10.4 Å². The molecule has 0 spiro atoms. The van der Waals surface area contributed by atoms with E-state index >= 15 is 0 Å². The molecular formula is C15H24N4O2. The molecule has 2 N–H and O–H groups in total. The van der Waals surface area contributed by atoms with Gasteiger partial charge in [-0.3, -0.25) is 9.48 Å². The minimum atomic E-state index is -0.746. The van der Waals surface area contributed by atoms with Crippen LogP contribution in [0.25, 0.3) is 0 Å². The van der Waals surface area contributed by atoms with E-state index in [-0.39, 0.29) is 11.9 Å². The van der Waals surface area contributed by atoms with E-state index < -0.39 is 5.60 Å². The van der Waals surface area contributed by atoms with E-state index in [1.807, 2.05) is 17.8 Å². The lowest BCUT2D eigenvalue weighted by molar-refractivity contribution is -0.121.